The molecule has 5 nitrogen and oxygen atoms in total. The molecule has 2 heterocycles. The van der Waals surface area contributed by atoms with Crippen molar-refractivity contribution in [1.29, 1.82) is 0 Å². The monoisotopic (exact) mass is 358 g/mol. The molecule has 0 bridgehead atoms. The van der Waals surface area contributed by atoms with Crippen LogP contribution >= 0.6 is 0 Å². The van der Waals surface area contributed by atoms with Crippen molar-refractivity contribution in [2.75, 3.05) is 11.9 Å². The van der Waals surface area contributed by atoms with E-state index in [1.807, 2.05) is 37.4 Å². The fourth-order valence-corrected chi connectivity index (χ4v) is 3.11. The Labute approximate surface area is 158 Å². The summed E-state index contributed by atoms with van der Waals surface area (Å²) in [5, 5.41) is 4.32. The molecule has 0 radical (unpaired) electrons. The molecule has 0 saturated heterocycles. The number of anilines is 1. The predicted molar refractivity (Wildman–Crippen MR) is 108 cm³/mol. The molecule has 5 heteroatoms. The molecule has 0 aliphatic rings. The first-order valence-electron chi connectivity index (χ1n) is 9.14. The third-order valence-corrected chi connectivity index (χ3v) is 4.61. The topological polar surface area (TPSA) is 55.1 Å². The lowest BCUT2D eigenvalue weighted by Crippen LogP contribution is -2.18. The van der Waals surface area contributed by atoms with Crippen molar-refractivity contribution in [2.24, 2.45) is 0 Å². The molecule has 136 valence electrons. The molecule has 0 spiro atoms. The third-order valence-electron chi connectivity index (χ3n) is 4.61. The lowest BCUT2D eigenvalue weighted by molar-refractivity contribution is 0.458. The zero-order valence-corrected chi connectivity index (χ0v) is 15.8. The Morgan fingerprint density at radius 1 is 0.963 bits per heavy atom. The van der Waals surface area contributed by atoms with E-state index in [2.05, 4.69) is 48.2 Å². The standard InChI is InChI=1S/C22H22N4O/c1-4-18-23-20-19(17-12-10-15(2)11-13-17)25-27-21(20)22(24-18)26(3)14-16-8-6-5-7-9-16/h5-13H,4,14H2,1-3H3. The van der Waals surface area contributed by atoms with Gasteiger partial charge in [0.15, 0.2) is 5.82 Å². The number of fused-ring (bicyclic) bond motifs is 1. The largest absolute Gasteiger partial charge is 0.352 e. The molecule has 4 aromatic rings. The molecule has 2 aromatic carbocycles. The SMILES string of the molecule is CCc1nc(N(C)Cc2ccccc2)c2onc(-c3ccc(C)cc3)c2n1. The van der Waals surface area contributed by atoms with E-state index < -0.39 is 0 Å². The van der Waals surface area contributed by atoms with Gasteiger partial charge in [-0.3, -0.25) is 0 Å². The summed E-state index contributed by atoms with van der Waals surface area (Å²) in [6, 6.07) is 18.6. The van der Waals surface area contributed by atoms with Gasteiger partial charge in [-0.2, -0.15) is 0 Å². The van der Waals surface area contributed by atoms with Crippen molar-refractivity contribution in [2.45, 2.75) is 26.8 Å². The van der Waals surface area contributed by atoms with Crippen molar-refractivity contribution in [3.05, 3.63) is 71.5 Å². The molecule has 0 saturated carbocycles. The normalized spacial score (nSPS) is 11.1. The molecular formula is C22H22N4O. The van der Waals surface area contributed by atoms with Crippen LogP contribution < -0.4 is 4.90 Å². The Balaban J connectivity index is 1.80. The van der Waals surface area contributed by atoms with Crippen LogP contribution in [0.3, 0.4) is 0 Å². The van der Waals surface area contributed by atoms with Gasteiger partial charge in [0.2, 0.25) is 5.58 Å². The maximum absolute atomic E-state index is 5.71. The predicted octanol–water partition coefficient (Wildman–Crippen LogP) is 4.79. The fourth-order valence-electron chi connectivity index (χ4n) is 3.11. The molecule has 0 unspecified atom stereocenters. The minimum Gasteiger partial charge on any atom is -0.352 e. The van der Waals surface area contributed by atoms with Crippen molar-refractivity contribution < 1.29 is 4.52 Å². The molecule has 0 aliphatic carbocycles. The van der Waals surface area contributed by atoms with Crippen LogP contribution in [0.25, 0.3) is 22.4 Å². The van der Waals surface area contributed by atoms with E-state index in [1.165, 1.54) is 11.1 Å². The highest BCUT2D eigenvalue weighted by Gasteiger charge is 2.20. The van der Waals surface area contributed by atoms with Gasteiger partial charge in [0.05, 0.1) is 0 Å². The average Bonchev–Trinajstić information content (AvgIpc) is 3.12. The van der Waals surface area contributed by atoms with Crippen LogP contribution in [0.1, 0.15) is 23.9 Å². The quantitative estimate of drug-likeness (QED) is 0.513. The van der Waals surface area contributed by atoms with Crippen LogP contribution in [0.5, 0.6) is 0 Å². The first kappa shape index (κ1) is 17.2. The smallest absolute Gasteiger partial charge is 0.228 e. The van der Waals surface area contributed by atoms with E-state index in [-0.39, 0.29) is 0 Å². The second-order valence-corrected chi connectivity index (χ2v) is 6.73. The van der Waals surface area contributed by atoms with Gasteiger partial charge >= 0.3 is 0 Å². The lowest BCUT2D eigenvalue weighted by atomic mass is 10.1. The van der Waals surface area contributed by atoms with Crippen LogP contribution in [-0.4, -0.2) is 22.2 Å². The number of benzene rings is 2. The zero-order valence-electron chi connectivity index (χ0n) is 15.8. The number of nitrogens with zero attached hydrogens (tertiary/aromatic N) is 4. The molecule has 0 aliphatic heterocycles. The van der Waals surface area contributed by atoms with Gasteiger partial charge in [0.25, 0.3) is 0 Å². The van der Waals surface area contributed by atoms with E-state index in [4.69, 9.17) is 14.5 Å². The molecule has 0 fully saturated rings. The molecule has 0 atom stereocenters. The van der Waals surface area contributed by atoms with E-state index >= 15 is 0 Å². The first-order chi connectivity index (χ1) is 13.2. The Hall–Kier alpha value is -3.21. The van der Waals surface area contributed by atoms with Gasteiger partial charge in [0, 0.05) is 25.6 Å². The molecule has 27 heavy (non-hydrogen) atoms. The molecule has 0 amide bonds. The lowest BCUT2D eigenvalue weighted by Gasteiger charge is -2.18. The number of rotatable bonds is 5. The average molecular weight is 358 g/mol. The maximum Gasteiger partial charge on any atom is 0.228 e. The van der Waals surface area contributed by atoms with Gasteiger partial charge in [0.1, 0.15) is 17.0 Å². The van der Waals surface area contributed by atoms with E-state index in [9.17, 15) is 0 Å². The maximum atomic E-state index is 5.71. The van der Waals surface area contributed by atoms with Crippen LogP contribution in [-0.2, 0) is 13.0 Å². The summed E-state index contributed by atoms with van der Waals surface area (Å²) in [5.74, 6) is 1.56. The first-order valence-corrected chi connectivity index (χ1v) is 9.14. The van der Waals surface area contributed by atoms with Gasteiger partial charge in [-0.25, -0.2) is 9.97 Å². The molecular weight excluding hydrogens is 336 g/mol. The van der Waals surface area contributed by atoms with Crippen molar-refractivity contribution in [3.8, 4) is 11.3 Å². The highest BCUT2D eigenvalue weighted by molar-refractivity contribution is 5.94. The number of hydrogen-bond donors (Lipinski definition) is 0. The fraction of sp³-hybridized carbons (Fsp3) is 0.227. The van der Waals surface area contributed by atoms with Crippen LogP contribution in [0.4, 0.5) is 5.82 Å². The summed E-state index contributed by atoms with van der Waals surface area (Å²) in [7, 11) is 2.02. The highest BCUT2D eigenvalue weighted by Crippen LogP contribution is 2.32. The molecule has 2 aromatic heterocycles. The van der Waals surface area contributed by atoms with Crippen LogP contribution in [0.2, 0.25) is 0 Å². The number of aryl methyl sites for hydroxylation is 2. The Kier molecular flexibility index (Phi) is 4.59. The van der Waals surface area contributed by atoms with Crippen molar-refractivity contribution >= 4 is 16.9 Å². The van der Waals surface area contributed by atoms with Gasteiger partial charge in [-0.15, -0.1) is 0 Å². The summed E-state index contributed by atoms with van der Waals surface area (Å²) in [5.41, 5.74) is 5.57. The second-order valence-electron chi connectivity index (χ2n) is 6.73. The van der Waals surface area contributed by atoms with E-state index in [0.717, 1.165) is 41.4 Å². The number of aromatic nitrogens is 3. The highest BCUT2D eigenvalue weighted by atomic mass is 16.5. The van der Waals surface area contributed by atoms with Gasteiger partial charge in [-0.1, -0.05) is 72.2 Å². The summed E-state index contributed by atoms with van der Waals surface area (Å²) in [6.07, 6.45) is 0.751. The molecule has 4 rings (SSSR count). The van der Waals surface area contributed by atoms with Crippen LogP contribution in [0, 0.1) is 6.92 Å². The minimum absolute atomic E-state index is 0.626. The van der Waals surface area contributed by atoms with Gasteiger partial charge < -0.3 is 9.42 Å². The van der Waals surface area contributed by atoms with E-state index in [1.54, 1.807) is 0 Å². The second kappa shape index (κ2) is 7.19. The summed E-state index contributed by atoms with van der Waals surface area (Å²) >= 11 is 0. The summed E-state index contributed by atoms with van der Waals surface area (Å²) in [6.45, 7) is 4.86. The van der Waals surface area contributed by atoms with Crippen LogP contribution in [0.15, 0.2) is 59.1 Å². The molecule has 0 N–H and O–H groups in total. The third kappa shape index (κ3) is 3.40. The summed E-state index contributed by atoms with van der Waals surface area (Å²) < 4.78 is 5.71. The minimum atomic E-state index is 0.626. The van der Waals surface area contributed by atoms with Gasteiger partial charge in [-0.05, 0) is 12.5 Å². The van der Waals surface area contributed by atoms with Crippen molar-refractivity contribution in [3.63, 3.8) is 0 Å². The Bertz CT molecular complexity index is 1060. The summed E-state index contributed by atoms with van der Waals surface area (Å²) in [4.78, 5) is 11.5. The Morgan fingerprint density at radius 2 is 1.70 bits per heavy atom. The number of hydrogen-bond acceptors (Lipinski definition) is 5. The van der Waals surface area contributed by atoms with E-state index in [0.29, 0.717) is 5.58 Å². The Morgan fingerprint density at radius 3 is 2.41 bits per heavy atom. The zero-order chi connectivity index (χ0) is 18.8. The van der Waals surface area contributed by atoms with Crippen molar-refractivity contribution in [1.82, 2.24) is 15.1 Å².